The summed E-state index contributed by atoms with van der Waals surface area (Å²) in [6.45, 7) is 3.38. The Balaban J connectivity index is 1.97. The number of rotatable bonds is 5. The number of phenolic OH excluding ortho intramolecular Hbond substituents is 1. The Morgan fingerprint density at radius 1 is 1.32 bits per heavy atom. The minimum atomic E-state index is -0.920. The van der Waals surface area contributed by atoms with E-state index in [0.29, 0.717) is 11.3 Å². The lowest BCUT2D eigenvalue weighted by Crippen LogP contribution is -2.39. The molecule has 0 saturated heterocycles. The van der Waals surface area contributed by atoms with Crippen LogP contribution in [0.25, 0.3) is 6.08 Å². The first-order valence-electron chi connectivity index (χ1n) is 10.1. The number of hydrogen-bond donors (Lipinski definition) is 1. The van der Waals surface area contributed by atoms with Crippen LogP contribution in [0.3, 0.4) is 0 Å². The van der Waals surface area contributed by atoms with Gasteiger partial charge in [-0.1, -0.05) is 35.6 Å². The minimum absolute atomic E-state index is 0.0825. The summed E-state index contributed by atoms with van der Waals surface area (Å²) in [5.74, 6) is -1.70. The highest BCUT2D eigenvalue weighted by Crippen LogP contribution is 2.31. The van der Waals surface area contributed by atoms with Crippen molar-refractivity contribution >= 4 is 29.1 Å². The molecule has 174 valence electrons. The van der Waals surface area contributed by atoms with Gasteiger partial charge < -0.3 is 9.84 Å². The Hall–Kier alpha value is -4.12. The fraction of sp³-hybridized carbons (Fsp3) is 0.174. The zero-order chi connectivity index (χ0) is 24.6. The van der Waals surface area contributed by atoms with Crippen molar-refractivity contribution in [3.63, 3.8) is 0 Å². The third kappa shape index (κ3) is 4.01. The SMILES string of the molecule is CCOC(=O)C1=C(C)N=c2s/c(=C\c3cccc([N+](=O)[O-])c3O)c(=O)n2C1c1ccc(F)cc1. The third-order valence-electron chi connectivity index (χ3n) is 5.23. The minimum Gasteiger partial charge on any atom is -0.502 e. The molecule has 2 aromatic carbocycles. The van der Waals surface area contributed by atoms with Crippen LogP contribution in [0.4, 0.5) is 10.1 Å². The normalized spacial score (nSPS) is 15.6. The lowest BCUT2D eigenvalue weighted by Gasteiger charge is -2.24. The van der Waals surface area contributed by atoms with Crippen LogP contribution in [0, 0.1) is 15.9 Å². The van der Waals surface area contributed by atoms with Crippen LogP contribution in [-0.2, 0) is 9.53 Å². The van der Waals surface area contributed by atoms with Crippen LogP contribution < -0.4 is 14.9 Å². The molecule has 1 aliphatic rings. The molecule has 1 aromatic heterocycles. The summed E-state index contributed by atoms with van der Waals surface area (Å²) in [4.78, 5) is 41.4. The van der Waals surface area contributed by atoms with Crippen molar-refractivity contribution in [3.8, 4) is 5.75 Å². The highest BCUT2D eigenvalue weighted by atomic mass is 32.1. The summed E-state index contributed by atoms with van der Waals surface area (Å²) in [6.07, 6.45) is 1.33. The summed E-state index contributed by atoms with van der Waals surface area (Å²) in [6, 6.07) is 8.46. The molecule has 11 heteroatoms. The number of carbonyl (C=O) groups excluding carboxylic acids is 1. The van der Waals surface area contributed by atoms with E-state index in [-0.39, 0.29) is 27.1 Å². The average Bonchev–Trinajstić information content (AvgIpc) is 3.09. The maximum atomic E-state index is 13.6. The number of ether oxygens (including phenoxy) is 1. The molecule has 0 bridgehead atoms. The number of nitrogens with zero attached hydrogens (tertiary/aromatic N) is 3. The number of aromatic nitrogens is 1. The highest BCUT2D eigenvalue weighted by Gasteiger charge is 2.33. The van der Waals surface area contributed by atoms with Crippen molar-refractivity contribution in [1.82, 2.24) is 4.57 Å². The second-order valence-electron chi connectivity index (χ2n) is 7.33. The summed E-state index contributed by atoms with van der Waals surface area (Å²) in [5.41, 5.74) is 0.0255. The van der Waals surface area contributed by atoms with Crippen LogP contribution in [0.15, 0.2) is 63.5 Å². The van der Waals surface area contributed by atoms with Gasteiger partial charge in [0.2, 0.25) is 5.75 Å². The summed E-state index contributed by atoms with van der Waals surface area (Å²) < 4.78 is 20.2. The molecule has 4 rings (SSSR count). The Bertz CT molecular complexity index is 1520. The van der Waals surface area contributed by atoms with Crippen LogP contribution >= 0.6 is 11.3 Å². The fourth-order valence-corrected chi connectivity index (χ4v) is 4.74. The lowest BCUT2D eigenvalue weighted by atomic mass is 9.96. The average molecular weight is 483 g/mol. The maximum Gasteiger partial charge on any atom is 0.338 e. The Labute approximate surface area is 195 Å². The van der Waals surface area contributed by atoms with Crippen molar-refractivity contribution in [2.24, 2.45) is 4.99 Å². The molecule has 0 spiro atoms. The number of halogens is 1. The molecule has 1 unspecified atom stereocenters. The number of allylic oxidation sites excluding steroid dienone is 1. The second kappa shape index (κ2) is 9.02. The van der Waals surface area contributed by atoms with E-state index in [1.165, 1.54) is 47.0 Å². The standard InChI is InChI=1S/C23H18FN3O6S/c1-3-33-22(30)18-12(2)25-23-26(19(18)13-7-9-15(24)10-8-13)21(29)17(34-23)11-14-5-4-6-16(20(14)28)27(31)32/h4-11,19,28H,3H2,1-2H3/b17-11-. The zero-order valence-electron chi connectivity index (χ0n) is 18.0. The van der Waals surface area contributed by atoms with Crippen molar-refractivity contribution in [2.75, 3.05) is 6.61 Å². The molecule has 1 N–H and O–H groups in total. The van der Waals surface area contributed by atoms with E-state index in [1.54, 1.807) is 13.8 Å². The van der Waals surface area contributed by atoms with Crippen LogP contribution in [0.2, 0.25) is 0 Å². The largest absolute Gasteiger partial charge is 0.502 e. The van der Waals surface area contributed by atoms with Gasteiger partial charge in [0.1, 0.15) is 5.82 Å². The first-order valence-corrected chi connectivity index (χ1v) is 11.0. The van der Waals surface area contributed by atoms with Gasteiger partial charge in [-0.05, 0) is 37.6 Å². The monoisotopic (exact) mass is 483 g/mol. The molecule has 0 amide bonds. The quantitative estimate of drug-likeness (QED) is 0.338. The number of nitro benzene ring substituents is 1. The molecule has 9 nitrogen and oxygen atoms in total. The summed E-state index contributed by atoms with van der Waals surface area (Å²) in [5, 5.41) is 21.4. The van der Waals surface area contributed by atoms with Crippen LogP contribution in [0.5, 0.6) is 5.75 Å². The number of para-hydroxylation sites is 1. The predicted octanol–water partition coefficient (Wildman–Crippen LogP) is 2.55. The molecular formula is C23H18FN3O6S. The van der Waals surface area contributed by atoms with Gasteiger partial charge in [0.15, 0.2) is 4.80 Å². The molecule has 1 atom stereocenters. The van der Waals surface area contributed by atoms with Crippen molar-refractivity contribution < 1.29 is 24.0 Å². The number of carbonyl (C=O) groups is 1. The highest BCUT2D eigenvalue weighted by molar-refractivity contribution is 7.07. The topological polar surface area (TPSA) is 124 Å². The number of hydrogen-bond acceptors (Lipinski definition) is 8. The van der Waals surface area contributed by atoms with E-state index >= 15 is 0 Å². The fourth-order valence-electron chi connectivity index (χ4n) is 3.71. The Morgan fingerprint density at radius 3 is 2.68 bits per heavy atom. The molecule has 1 aliphatic heterocycles. The van der Waals surface area contributed by atoms with E-state index in [1.807, 2.05) is 0 Å². The number of esters is 1. The zero-order valence-corrected chi connectivity index (χ0v) is 18.8. The van der Waals surface area contributed by atoms with E-state index < -0.39 is 39.7 Å². The predicted molar refractivity (Wildman–Crippen MR) is 122 cm³/mol. The lowest BCUT2D eigenvalue weighted by molar-refractivity contribution is -0.385. The van der Waals surface area contributed by atoms with Gasteiger partial charge in [-0.3, -0.25) is 19.5 Å². The van der Waals surface area contributed by atoms with Gasteiger partial charge in [0.05, 0.1) is 33.4 Å². The van der Waals surface area contributed by atoms with Gasteiger partial charge in [-0.15, -0.1) is 0 Å². The molecule has 0 saturated carbocycles. The van der Waals surface area contributed by atoms with E-state index in [9.17, 15) is 29.2 Å². The van der Waals surface area contributed by atoms with Gasteiger partial charge in [0.25, 0.3) is 5.56 Å². The molecular weight excluding hydrogens is 465 g/mol. The van der Waals surface area contributed by atoms with E-state index in [0.717, 1.165) is 17.4 Å². The first-order chi connectivity index (χ1) is 16.2. The molecule has 2 heterocycles. The first kappa shape index (κ1) is 23.1. The third-order valence-corrected chi connectivity index (χ3v) is 6.21. The van der Waals surface area contributed by atoms with Crippen LogP contribution in [0.1, 0.15) is 31.0 Å². The van der Waals surface area contributed by atoms with Crippen molar-refractivity contribution in [3.05, 3.63) is 100 Å². The smallest absolute Gasteiger partial charge is 0.338 e. The number of aromatic hydroxyl groups is 1. The number of thiazole rings is 1. The molecule has 34 heavy (non-hydrogen) atoms. The molecule has 0 aliphatic carbocycles. The number of fused-ring (bicyclic) bond motifs is 1. The summed E-state index contributed by atoms with van der Waals surface area (Å²) in [7, 11) is 0. The van der Waals surface area contributed by atoms with Gasteiger partial charge in [0, 0.05) is 11.6 Å². The molecule has 0 radical (unpaired) electrons. The van der Waals surface area contributed by atoms with Gasteiger partial charge in [-0.25, -0.2) is 14.2 Å². The maximum absolute atomic E-state index is 13.6. The Morgan fingerprint density at radius 2 is 2.03 bits per heavy atom. The second-order valence-corrected chi connectivity index (χ2v) is 8.34. The molecule has 0 fully saturated rings. The summed E-state index contributed by atoms with van der Waals surface area (Å²) >= 11 is 0.999. The number of benzene rings is 2. The molecule has 3 aromatic rings. The Kier molecular flexibility index (Phi) is 6.12. The van der Waals surface area contributed by atoms with Crippen molar-refractivity contribution in [2.45, 2.75) is 19.9 Å². The van der Waals surface area contributed by atoms with E-state index in [4.69, 9.17) is 4.74 Å². The van der Waals surface area contributed by atoms with Crippen LogP contribution in [-0.4, -0.2) is 27.2 Å². The van der Waals surface area contributed by atoms with E-state index in [2.05, 4.69) is 4.99 Å². The number of nitro groups is 1. The van der Waals surface area contributed by atoms with Gasteiger partial charge in [-0.2, -0.15) is 0 Å². The number of phenols is 1. The van der Waals surface area contributed by atoms with Crippen molar-refractivity contribution in [1.29, 1.82) is 0 Å². The van der Waals surface area contributed by atoms with Gasteiger partial charge >= 0.3 is 11.7 Å².